The Hall–Kier alpha value is -2.22. The Kier molecular flexibility index (Phi) is 3.69. The summed E-state index contributed by atoms with van der Waals surface area (Å²) < 4.78 is 13.5. The largest absolute Gasteiger partial charge is 0.486 e. The Balaban J connectivity index is 2.12. The maximum atomic E-state index is 8.78. The minimum Gasteiger partial charge on any atom is -0.486 e. The molecule has 0 unspecified atom stereocenters. The summed E-state index contributed by atoms with van der Waals surface area (Å²) in [5, 5.41) is 8.78. The number of rotatable bonds is 3. The van der Waals surface area contributed by atoms with Crippen LogP contribution in [0.1, 0.15) is 39.4 Å². The Bertz CT molecular complexity index is 735. The second kappa shape index (κ2) is 5.53. The molecule has 3 rings (SSSR count). The third-order valence-electron chi connectivity index (χ3n) is 3.75. The number of benzene rings is 1. The summed E-state index contributed by atoms with van der Waals surface area (Å²) in [6.45, 7) is 8.41. The van der Waals surface area contributed by atoms with Crippen LogP contribution in [-0.2, 0) is 12.0 Å². The SMILES string of the molecule is CC(C)(C)c1nc2cc3c(cc2n1CCCC#N)OCCO3. The molecular weight excluding hydrogens is 278 g/mol. The van der Waals surface area contributed by atoms with E-state index < -0.39 is 0 Å². The van der Waals surface area contributed by atoms with Gasteiger partial charge in [-0.15, -0.1) is 0 Å². The molecule has 0 atom stereocenters. The van der Waals surface area contributed by atoms with E-state index in [1.54, 1.807) is 0 Å². The van der Waals surface area contributed by atoms with Crippen LogP contribution >= 0.6 is 0 Å². The van der Waals surface area contributed by atoms with Gasteiger partial charge in [-0.2, -0.15) is 5.26 Å². The van der Waals surface area contributed by atoms with E-state index in [0.29, 0.717) is 19.6 Å². The molecule has 1 aromatic heterocycles. The van der Waals surface area contributed by atoms with Crippen molar-refractivity contribution >= 4 is 11.0 Å². The van der Waals surface area contributed by atoms with E-state index in [1.807, 2.05) is 12.1 Å². The molecule has 0 fully saturated rings. The standard InChI is InChI=1S/C17H21N3O2/c1-17(2,3)16-19-12-10-14-15(22-9-8-21-14)11-13(12)20(16)7-5-4-6-18/h10-11H,4-5,7-9H2,1-3H3. The highest BCUT2D eigenvalue weighted by Gasteiger charge is 2.24. The van der Waals surface area contributed by atoms with Crippen LogP contribution < -0.4 is 9.47 Å². The summed E-state index contributed by atoms with van der Waals surface area (Å²) in [5.41, 5.74) is 1.91. The van der Waals surface area contributed by atoms with Gasteiger partial charge in [0.2, 0.25) is 0 Å². The molecule has 0 radical (unpaired) electrons. The van der Waals surface area contributed by atoms with Crippen LogP contribution in [0.2, 0.25) is 0 Å². The average molecular weight is 299 g/mol. The van der Waals surface area contributed by atoms with E-state index in [-0.39, 0.29) is 5.41 Å². The zero-order chi connectivity index (χ0) is 15.7. The number of hydrogen-bond acceptors (Lipinski definition) is 4. The van der Waals surface area contributed by atoms with Crippen LogP contribution in [0.25, 0.3) is 11.0 Å². The van der Waals surface area contributed by atoms with Gasteiger partial charge in [0.15, 0.2) is 11.5 Å². The minimum absolute atomic E-state index is 0.0616. The monoisotopic (exact) mass is 299 g/mol. The molecule has 5 heteroatoms. The highest BCUT2D eigenvalue weighted by Crippen LogP contribution is 2.36. The number of nitriles is 1. The maximum absolute atomic E-state index is 8.78. The van der Waals surface area contributed by atoms with Crippen LogP contribution in [-0.4, -0.2) is 22.8 Å². The van der Waals surface area contributed by atoms with Crippen molar-refractivity contribution in [3.63, 3.8) is 0 Å². The molecular formula is C17H21N3O2. The zero-order valence-corrected chi connectivity index (χ0v) is 13.3. The summed E-state index contributed by atoms with van der Waals surface area (Å²) in [5.74, 6) is 2.57. The molecule has 116 valence electrons. The number of nitrogens with zero attached hydrogens (tertiary/aromatic N) is 3. The first-order chi connectivity index (χ1) is 10.5. The molecule has 0 saturated carbocycles. The first-order valence-electron chi connectivity index (χ1n) is 7.68. The van der Waals surface area contributed by atoms with Gasteiger partial charge in [0.25, 0.3) is 0 Å². The number of ether oxygens (including phenoxy) is 2. The third-order valence-corrected chi connectivity index (χ3v) is 3.75. The second-order valence-corrected chi connectivity index (χ2v) is 6.58. The number of fused-ring (bicyclic) bond motifs is 2. The van der Waals surface area contributed by atoms with Crippen LogP contribution in [0, 0.1) is 11.3 Å². The van der Waals surface area contributed by atoms with Gasteiger partial charge in [0.05, 0.1) is 17.1 Å². The molecule has 1 aliphatic heterocycles. The highest BCUT2D eigenvalue weighted by atomic mass is 16.6. The van der Waals surface area contributed by atoms with Crippen molar-refractivity contribution in [2.45, 2.75) is 45.6 Å². The van der Waals surface area contributed by atoms with Gasteiger partial charge in [-0.25, -0.2) is 4.98 Å². The van der Waals surface area contributed by atoms with Crippen molar-refractivity contribution < 1.29 is 9.47 Å². The number of aryl methyl sites for hydroxylation is 1. The highest BCUT2D eigenvalue weighted by molar-refractivity contribution is 5.81. The summed E-state index contributed by atoms with van der Waals surface area (Å²) in [6.07, 6.45) is 1.37. The zero-order valence-electron chi connectivity index (χ0n) is 13.3. The van der Waals surface area contributed by atoms with Crippen LogP contribution in [0.3, 0.4) is 0 Å². The van der Waals surface area contributed by atoms with Crippen molar-refractivity contribution in [3.8, 4) is 17.6 Å². The average Bonchev–Trinajstić information content (AvgIpc) is 2.83. The number of unbranched alkanes of at least 4 members (excludes halogenated alkanes) is 1. The van der Waals surface area contributed by atoms with Gasteiger partial charge in [0, 0.05) is 30.5 Å². The van der Waals surface area contributed by atoms with Gasteiger partial charge < -0.3 is 14.0 Å². The number of hydrogen-bond donors (Lipinski definition) is 0. The lowest BCUT2D eigenvalue weighted by molar-refractivity contribution is 0.172. The Morgan fingerprint density at radius 3 is 2.55 bits per heavy atom. The third kappa shape index (κ3) is 2.61. The molecule has 0 bridgehead atoms. The quantitative estimate of drug-likeness (QED) is 0.815. The fraction of sp³-hybridized carbons (Fsp3) is 0.529. The normalized spacial score (nSPS) is 14.1. The van der Waals surface area contributed by atoms with E-state index in [1.165, 1.54) is 0 Å². The lowest BCUT2D eigenvalue weighted by atomic mass is 9.95. The predicted octanol–water partition coefficient (Wildman–Crippen LogP) is 3.41. The van der Waals surface area contributed by atoms with Gasteiger partial charge >= 0.3 is 0 Å². The fourth-order valence-electron chi connectivity index (χ4n) is 2.78. The molecule has 1 aromatic carbocycles. The molecule has 0 spiro atoms. The fourth-order valence-corrected chi connectivity index (χ4v) is 2.78. The van der Waals surface area contributed by atoms with Crippen LogP contribution in [0.4, 0.5) is 0 Å². The van der Waals surface area contributed by atoms with E-state index in [0.717, 1.165) is 41.3 Å². The lowest BCUT2D eigenvalue weighted by Gasteiger charge is -2.20. The number of aromatic nitrogens is 2. The van der Waals surface area contributed by atoms with Crippen molar-refractivity contribution in [2.75, 3.05) is 13.2 Å². The first-order valence-corrected chi connectivity index (χ1v) is 7.68. The van der Waals surface area contributed by atoms with Crippen LogP contribution in [0.15, 0.2) is 12.1 Å². The van der Waals surface area contributed by atoms with Crippen LogP contribution in [0.5, 0.6) is 11.5 Å². The predicted molar refractivity (Wildman–Crippen MR) is 84.3 cm³/mol. The van der Waals surface area contributed by atoms with Gasteiger partial charge in [-0.1, -0.05) is 20.8 Å². The minimum atomic E-state index is -0.0616. The molecule has 0 N–H and O–H groups in total. The molecule has 0 amide bonds. The Labute approximate surface area is 130 Å². The molecule has 0 aliphatic carbocycles. The molecule has 2 aromatic rings. The smallest absolute Gasteiger partial charge is 0.163 e. The molecule has 2 heterocycles. The Morgan fingerprint density at radius 1 is 1.23 bits per heavy atom. The van der Waals surface area contributed by atoms with Crippen molar-refractivity contribution in [2.24, 2.45) is 0 Å². The topological polar surface area (TPSA) is 60.1 Å². The second-order valence-electron chi connectivity index (χ2n) is 6.58. The molecule has 1 aliphatic rings. The molecule has 5 nitrogen and oxygen atoms in total. The summed E-state index contributed by atoms with van der Waals surface area (Å²) >= 11 is 0. The van der Waals surface area contributed by atoms with E-state index in [9.17, 15) is 0 Å². The van der Waals surface area contributed by atoms with E-state index in [2.05, 4.69) is 31.4 Å². The summed E-state index contributed by atoms with van der Waals surface area (Å²) in [4.78, 5) is 4.82. The summed E-state index contributed by atoms with van der Waals surface area (Å²) in [7, 11) is 0. The maximum Gasteiger partial charge on any atom is 0.163 e. The van der Waals surface area contributed by atoms with Gasteiger partial charge in [0.1, 0.15) is 19.0 Å². The van der Waals surface area contributed by atoms with E-state index >= 15 is 0 Å². The van der Waals surface area contributed by atoms with Crippen molar-refractivity contribution in [3.05, 3.63) is 18.0 Å². The number of imidazole rings is 1. The van der Waals surface area contributed by atoms with Crippen molar-refractivity contribution in [1.29, 1.82) is 5.26 Å². The van der Waals surface area contributed by atoms with Gasteiger partial charge in [-0.05, 0) is 6.42 Å². The first kappa shape index (κ1) is 14.7. The molecule has 0 saturated heterocycles. The van der Waals surface area contributed by atoms with E-state index in [4.69, 9.17) is 19.7 Å². The lowest BCUT2D eigenvalue weighted by Crippen LogP contribution is -2.19. The van der Waals surface area contributed by atoms with Gasteiger partial charge in [-0.3, -0.25) is 0 Å². The van der Waals surface area contributed by atoms with Crippen molar-refractivity contribution in [1.82, 2.24) is 9.55 Å². The Morgan fingerprint density at radius 2 is 1.91 bits per heavy atom. The molecule has 22 heavy (non-hydrogen) atoms. The summed E-state index contributed by atoms with van der Waals surface area (Å²) in [6, 6.07) is 6.18.